The van der Waals surface area contributed by atoms with Gasteiger partial charge in [0, 0.05) is 22.5 Å². The van der Waals surface area contributed by atoms with Gasteiger partial charge in [0.25, 0.3) is 0 Å². The molecule has 0 aliphatic heterocycles. The average Bonchev–Trinajstić information content (AvgIpc) is 2.42. The molecule has 4 N–H and O–H groups in total. The Morgan fingerprint density at radius 1 is 0.789 bits per heavy atom. The van der Waals surface area contributed by atoms with Crippen molar-refractivity contribution in [2.75, 3.05) is 11.5 Å². The minimum absolute atomic E-state index is 0.758. The molecule has 0 aliphatic rings. The summed E-state index contributed by atoms with van der Waals surface area (Å²) in [5.74, 6) is 0. The van der Waals surface area contributed by atoms with Gasteiger partial charge in [-0.2, -0.15) is 0 Å². The van der Waals surface area contributed by atoms with Gasteiger partial charge in [0.05, 0.1) is 0 Å². The lowest BCUT2D eigenvalue weighted by Gasteiger charge is -2.13. The first-order valence-corrected chi connectivity index (χ1v) is 6.30. The van der Waals surface area contributed by atoms with E-state index in [-0.39, 0.29) is 0 Å². The monoisotopic (exact) mass is 248 g/mol. The van der Waals surface area contributed by atoms with E-state index in [1.165, 1.54) is 10.9 Å². The molecular formula is C17H16N2. The van der Waals surface area contributed by atoms with E-state index < -0.39 is 0 Å². The first-order valence-electron chi connectivity index (χ1n) is 6.30. The molecule has 0 saturated heterocycles. The molecule has 19 heavy (non-hydrogen) atoms. The summed E-state index contributed by atoms with van der Waals surface area (Å²) in [6.45, 7) is 2.06. The topological polar surface area (TPSA) is 52.0 Å². The minimum atomic E-state index is 0.758. The minimum Gasteiger partial charge on any atom is -0.398 e. The highest BCUT2D eigenvalue weighted by Crippen LogP contribution is 2.37. The normalized spacial score (nSPS) is 10.8. The number of aryl methyl sites for hydroxylation is 1. The SMILES string of the molecule is Cc1ccc(N)c(-c2c(N)ccc3ccccc23)c1. The van der Waals surface area contributed by atoms with Crippen molar-refractivity contribution in [3.8, 4) is 11.1 Å². The number of nitrogens with two attached hydrogens (primary N) is 2. The van der Waals surface area contributed by atoms with Gasteiger partial charge in [-0.15, -0.1) is 0 Å². The first kappa shape index (κ1) is 11.6. The number of nitrogen functional groups attached to an aromatic ring is 2. The third-order valence-electron chi connectivity index (χ3n) is 3.44. The van der Waals surface area contributed by atoms with Gasteiger partial charge < -0.3 is 11.5 Å². The molecule has 2 nitrogen and oxygen atoms in total. The zero-order chi connectivity index (χ0) is 13.4. The highest BCUT2D eigenvalue weighted by Gasteiger charge is 2.10. The van der Waals surface area contributed by atoms with Crippen LogP contribution in [0.3, 0.4) is 0 Å². The van der Waals surface area contributed by atoms with Crippen molar-refractivity contribution in [1.82, 2.24) is 0 Å². The van der Waals surface area contributed by atoms with E-state index in [4.69, 9.17) is 11.5 Å². The Morgan fingerprint density at radius 3 is 2.37 bits per heavy atom. The van der Waals surface area contributed by atoms with Gasteiger partial charge in [0.15, 0.2) is 0 Å². The molecule has 0 aromatic heterocycles. The Labute approximate surface area is 112 Å². The van der Waals surface area contributed by atoms with Crippen molar-refractivity contribution < 1.29 is 0 Å². The summed E-state index contributed by atoms with van der Waals surface area (Å²) in [4.78, 5) is 0. The van der Waals surface area contributed by atoms with Crippen molar-refractivity contribution in [3.05, 3.63) is 60.2 Å². The summed E-state index contributed by atoms with van der Waals surface area (Å²) in [5, 5.41) is 2.31. The fraction of sp³-hybridized carbons (Fsp3) is 0.0588. The molecule has 94 valence electrons. The molecule has 0 spiro atoms. The molecule has 0 fully saturated rings. The summed E-state index contributed by atoms with van der Waals surface area (Å²) in [7, 11) is 0. The largest absolute Gasteiger partial charge is 0.398 e. The molecule has 3 aromatic rings. The number of hydrogen-bond donors (Lipinski definition) is 2. The van der Waals surface area contributed by atoms with Crippen molar-refractivity contribution in [1.29, 1.82) is 0 Å². The maximum atomic E-state index is 6.18. The van der Waals surface area contributed by atoms with E-state index >= 15 is 0 Å². The zero-order valence-corrected chi connectivity index (χ0v) is 10.9. The second-order valence-electron chi connectivity index (χ2n) is 4.84. The van der Waals surface area contributed by atoms with E-state index in [0.717, 1.165) is 27.9 Å². The number of rotatable bonds is 1. The van der Waals surface area contributed by atoms with Crippen LogP contribution in [0.1, 0.15) is 5.56 Å². The predicted molar refractivity (Wildman–Crippen MR) is 82.9 cm³/mol. The van der Waals surface area contributed by atoms with Gasteiger partial charge in [-0.25, -0.2) is 0 Å². The second kappa shape index (κ2) is 4.32. The van der Waals surface area contributed by atoms with Crippen LogP contribution in [-0.4, -0.2) is 0 Å². The van der Waals surface area contributed by atoms with Crippen molar-refractivity contribution in [2.45, 2.75) is 6.92 Å². The van der Waals surface area contributed by atoms with Gasteiger partial charge in [0.1, 0.15) is 0 Å². The average molecular weight is 248 g/mol. The number of anilines is 2. The van der Waals surface area contributed by atoms with Crippen LogP contribution in [0.2, 0.25) is 0 Å². The van der Waals surface area contributed by atoms with Crippen LogP contribution in [0.4, 0.5) is 11.4 Å². The Bertz CT molecular complexity index is 760. The van der Waals surface area contributed by atoms with E-state index in [2.05, 4.69) is 25.1 Å². The van der Waals surface area contributed by atoms with Crippen molar-refractivity contribution >= 4 is 22.1 Å². The van der Waals surface area contributed by atoms with E-state index in [9.17, 15) is 0 Å². The summed E-state index contributed by atoms with van der Waals surface area (Å²) in [6, 6.07) is 18.3. The van der Waals surface area contributed by atoms with E-state index in [1.807, 2.05) is 36.4 Å². The molecule has 2 heteroatoms. The zero-order valence-electron chi connectivity index (χ0n) is 10.9. The number of hydrogen-bond acceptors (Lipinski definition) is 2. The molecular weight excluding hydrogens is 232 g/mol. The summed E-state index contributed by atoms with van der Waals surface area (Å²) >= 11 is 0. The number of benzene rings is 3. The highest BCUT2D eigenvalue weighted by atomic mass is 14.6. The summed E-state index contributed by atoms with van der Waals surface area (Å²) in [5.41, 5.74) is 17.0. The van der Waals surface area contributed by atoms with Crippen LogP contribution >= 0.6 is 0 Å². The first-order chi connectivity index (χ1) is 9.16. The van der Waals surface area contributed by atoms with Crippen LogP contribution in [0, 0.1) is 6.92 Å². The molecule has 0 amide bonds. The molecule has 0 atom stereocenters. The van der Waals surface area contributed by atoms with Crippen LogP contribution < -0.4 is 11.5 Å². The standard InChI is InChI=1S/C17H16N2/c1-11-6-8-15(18)14(10-11)17-13-5-3-2-4-12(13)7-9-16(17)19/h2-10H,18-19H2,1H3. The van der Waals surface area contributed by atoms with Crippen molar-refractivity contribution in [2.24, 2.45) is 0 Å². The summed E-state index contributed by atoms with van der Waals surface area (Å²) < 4.78 is 0. The molecule has 0 saturated carbocycles. The third-order valence-corrected chi connectivity index (χ3v) is 3.44. The fourth-order valence-corrected chi connectivity index (χ4v) is 2.48. The predicted octanol–water partition coefficient (Wildman–Crippen LogP) is 3.98. The Balaban J connectivity index is 2.41. The molecule has 0 radical (unpaired) electrons. The van der Waals surface area contributed by atoms with Crippen molar-refractivity contribution in [3.63, 3.8) is 0 Å². The van der Waals surface area contributed by atoms with Crippen LogP contribution in [-0.2, 0) is 0 Å². The Kier molecular flexibility index (Phi) is 2.64. The number of fused-ring (bicyclic) bond motifs is 1. The summed E-state index contributed by atoms with van der Waals surface area (Å²) in [6.07, 6.45) is 0. The van der Waals surface area contributed by atoms with Gasteiger partial charge in [-0.1, -0.05) is 42.0 Å². The molecule has 3 aromatic carbocycles. The van der Waals surface area contributed by atoms with E-state index in [1.54, 1.807) is 0 Å². The fourth-order valence-electron chi connectivity index (χ4n) is 2.48. The lowest BCUT2D eigenvalue weighted by molar-refractivity contribution is 1.47. The van der Waals surface area contributed by atoms with Gasteiger partial charge in [0.2, 0.25) is 0 Å². The molecule has 0 unspecified atom stereocenters. The molecule has 0 bridgehead atoms. The van der Waals surface area contributed by atoms with Gasteiger partial charge in [-0.05, 0) is 35.9 Å². The van der Waals surface area contributed by atoms with Crippen LogP contribution in [0.5, 0.6) is 0 Å². The third kappa shape index (κ3) is 1.91. The van der Waals surface area contributed by atoms with Gasteiger partial charge in [-0.3, -0.25) is 0 Å². The van der Waals surface area contributed by atoms with Gasteiger partial charge >= 0.3 is 0 Å². The van der Waals surface area contributed by atoms with Crippen LogP contribution in [0.25, 0.3) is 21.9 Å². The highest BCUT2D eigenvalue weighted by molar-refractivity contribution is 6.04. The smallest absolute Gasteiger partial charge is 0.0401 e. The molecule has 0 heterocycles. The maximum Gasteiger partial charge on any atom is 0.0401 e. The quantitative estimate of drug-likeness (QED) is 0.640. The maximum absolute atomic E-state index is 6.18. The van der Waals surface area contributed by atoms with Crippen LogP contribution in [0.15, 0.2) is 54.6 Å². The van der Waals surface area contributed by atoms with E-state index in [0.29, 0.717) is 0 Å². The lowest BCUT2D eigenvalue weighted by atomic mass is 9.94. The second-order valence-corrected chi connectivity index (χ2v) is 4.84. The molecule has 3 rings (SSSR count). The Morgan fingerprint density at radius 2 is 1.53 bits per heavy atom. The molecule has 0 aliphatic carbocycles. The lowest BCUT2D eigenvalue weighted by Crippen LogP contribution is -1.96. The Hall–Kier alpha value is -2.48.